The molecule has 2 aliphatic rings. The van der Waals surface area contributed by atoms with Crippen LogP contribution in [0.4, 0.5) is 0 Å². The zero-order valence-corrected chi connectivity index (χ0v) is 21.4. The molecule has 0 saturated heterocycles. The van der Waals surface area contributed by atoms with Crippen molar-refractivity contribution in [3.05, 3.63) is 71.1 Å². The minimum atomic E-state index is -0.0809. The third-order valence-corrected chi connectivity index (χ3v) is 6.69. The summed E-state index contributed by atoms with van der Waals surface area (Å²) < 4.78 is 27.5. The highest BCUT2D eigenvalue weighted by molar-refractivity contribution is 5.62. The molecule has 0 radical (unpaired) electrons. The van der Waals surface area contributed by atoms with Crippen molar-refractivity contribution < 1.29 is 23.7 Å². The first-order valence-electron chi connectivity index (χ1n) is 11.8. The maximum absolute atomic E-state index is 5.87. The standard InChI is InChI=1S/C29H38O5/c1-21(14-15-24-25-20-23(30-2)16-17-29(24,25)34-6)12-10-8-7-9-11-13-22-18-26(31-3)28(33-5)27(19-22)32-4/h8,10-13,16,18-20,24H,7,9,14-15,17H2,1-6H3/b10-8+,13-11-,21-12+. The molecule has 0 aliphatic heterocycles. The van der Waals surface area contributed by atoms with Gasteiger partial charge in [0, 0.05) is 19.4 Å². The normalized spacial score (nSPS) is 21.8. The van der Waals surface area contributed by atoms with Gasteiger partial charge in [-0.3, -0.25) is 0 Å². The number of ether oxygens (including phenoxy) is 5. The van der Waals surface area contributed by atoms with Crippen LogP contribution < -0.4 is 14.2 Å². The van der Waals surface area contributed by atoms with E-state index in [9.17, 15) is 0 Å². The van der Waals surface area contributed by atoms with Crippen molar-refractivity contribution in [2.24, 2.45) is 5.92 Å². The van der Waals surface area contributed by atoms with Crippen molar-refractivity contribution in [1.82, 2.24) is 0 Å². The molecule has 0 spiro atoms. The fraction of sp³-hybridized carbons (Fsp3) is 0.448. The summed E-state index contributed by atoms with van der Waals surface area (Å²) in [5.74, 6) is 3.39. The van der Waals surface area contributed by atoms with Gasteiger partial charge in [0.25, 0.3) is 0 Å². The molecule has 5 nitrogen and oxygen atoms in total. The van der Waals surface area contributed by atoms with Gasteiger partial charge in [-0.15, -0.1) is 0 Å². The summed E-state index contributed by atoms with van der Waals surface area (Å²) in [5, 5.41) is 0. The van der Waals surface area contributed by atoms with Gasteiger partial charge >= 0.3 is 0 Å². The predicted molar refractivity (Wildman–Crippen MR) is 138 cm³/mol. The molecule has 184 valence electrons. The Hall–Kier alpha value is -2.92. The molecule has 2 atom stereocenters. The van der Waals surface area contributed by atoms with E-state index >= 15 is 0 Å². The van der Waals surface area contributed by atoms with Gasteiger partial charge in [-0.1, -0.05) is 36.0 Å². The Bertz CT molecular complexity index is 973. The van der Waals surface area contributed by atoms with Crippen LogP contribution in [0.15, 0.2) is 65.5 Å². The van der Waals surface area contributed by atoms with Crippen molar-refractivity contribution in [2.45, 2.75) is 44.6 Å². The quantitative estimate of drug-likeness (QED) is 0.240. The number of hydrogen-bond acceptors (Lipinski definition) is 5. The Morgan fingerprint density at radius 3 is 2.29 bits per heavy atom. The minimum absolute atomic E-state index is 0.0809. The van der Waals surface area contributed by atoms with E-state index in [1.807, 2.05) is 19.2 Å². The first kappa shape index (κ1) is 25.7. The molecule has 0 N–H and O–H groups in total. The molecule has 0 bridgehead atoms. The number of rotatable bonds is 13. The lowest BCUT2D eigenvalue weighted by Gasteiger charge is -2.15. The molecule has 34 heavy (non-hydrogen) atoms. The van der Waals surface area contributed by atoms with E-state index in [-0.39, 0.29) is 5.60 Å². The van der Waals surface area contributed by atoms with Crippen molar-refractivity contribution in [2.75, 3.05) is 35.5 Å². The van der Waals surface area contributed by atoms with Crippen LogP contribution in [-0.2, 0) is 9.47 Å². The number of unbranched alkanes of at least 4 members (excludes halogenated alkanes) is 1. The molecule has 1 saturated carbocycles. The highest BCUT2D eigenvalue weighted by Crippen LogP contribution is 2.59. The molecule has 1 aromatic rings. The average molecular weight is 467 g/mol. The zero-order valence-electron chi connectivity index (χ0n) is 21.4. The zero-order chi connectivity index (χ0) is 24.6. The summed E-state index contributed by atoms with van der Waals surface area (Å²) in [6.07, 6.45) is 20.2. The minimum Gasteiger partial charge on any atom is -0.497 e. The summed E-state index contributed by atoms with van der Waals surface area (Å²) in [7, 11) is 8.41. The third-order valence-electron chi connectivity index (χ3n) is 6.69. The molecule has 1 aromatic carbocycles. The van der Waals surface area contributed by atoms with Crippen LogP contribution in [0.5, 0.6) is 17.2 Å². The van der Waals surface area contributed by atoms with Gasteiger partial charge in [0.05, 0.1) is 34.0 Å². The number of hydrogen-bond donors (Lipinski definition) is 0. The highest BCUT2D eigenvalue weighted by Gasteiger charge is 2.60. The van der Waals surface area contributed by atoms with Crippen LogP contribution in [-0.4, -0.2) is 41.2 Å². The van der Waals surface area contributed by atoms with E-state index in [1.165, 1.54) is 11.1 Å². The van der Waals surface area contributed by atoms with Crippen molar-refractivity contribution in [1.29, 1.82) is 0 Å². The Balaban J connectivity index is 1.43. The maximum Gasteiger partial charge on any atom is 0.203 e. The fourth-order valence-electron chi connectivity index (χ4n) is 4.66. The largest absolute Gasteiger partial charge is 0.497 e. The molecule has 0 amide bonds. The van der Waals surface area contributed by atoms with E-state index in [4.69, 9.17) is 23.7 Å². The summed E-state index contributed by atoms with van der Waals surface area (Å²) in [6, 6.07) is 3.90. The SMILES string of the molecule is COC1=CCC2(OC)C(=C1)C2CC/C(C)=C/C=C/CC/C=C\c1cc(OC)c(OC)c(OC)c1. The molecule has 3 rings (SSSR count). The van der Waals surface area contributed by atoms with Gasteiger partial charge in [-0.2, -0.15) is 0 Å². The summed E-state index contributed by atoms with van der Waals surface area (Å²) in [4.78, 5) is 0. The molecule has 0 heterocycles. The van der Waals surface area contributed by atoms with Gasteiger partial charge < -0.3 is 23.7 Å². The van der Waals surface area contributed by atoms with Crippen LogP contribution in [0.1, 0.15) is 44.6 Å². The van der Waals surface area contributed by atoms with Gasteiger partial charge in [0.15, 0.2) is 11.5 Å². The van der Waals surface area contributed by atoms with Crippen LogP contribution >= 0.6 is 0 Å². The molecular formula is C29H38O5. The predicted octanol–water partition coefficient (Wildman–Crippen LogP) is 6.66. The Kier molecular flexibility index (Phi) is 9.05. The van der Waals surface area contributed by atoms with Gasteiger partial charge in [0.1, 0.15) is 5.76 Å². The van der Waals surface area contributed by atoms with E-state index < -0.39 is 0 Å². The molecule has 2 aliphatic carbocycles. The van der Waals surface area contributed by atoms with Gasteiger partial charge in [0.2, 0.25) is 5.75 Å². The Morgan fingerprint density at radius 2 is 1.68 bits per heavy atom. The lowest BCUT2D eigenvalue weighted by molar-refractivity contribution is 0.0728. The molecule has 1 fully saturated rings. The molecule has 0 aromatic heterocycles. The first-order chi connectivity index (χ1) is 16.5. The summed E-state index contributed by atoms with van der Waals surface area (Å²) >= 11 is 0. The molecule has 5 heteroatoms. The van der Waals surface area contributed by atoms with Gasteiger partial charge in [-0.05, 0) is 68.0 Å². The second-order valence-electron chi connectivity index (χ2n) is 8.68. The molecule has 2 unspecified atom stereocenters. The van der Waals surface area contributed by atoms with Crippen molar-refractivity contribution >= 4 is 6.08 Å². The smallest absolute Gasteiger partial charge is 0.203 e. The third kappa shape index (κ3) is 5.76. The van der Waals surface area contributed by atoms with E-state index in [2.05, 4.69) is 49.5 Å². The van der Waals surface area contributed by atoms with Crippen LogP contribution in [0.3, 0.4) is 0 Å². The monoisotopic (exact) mass is 466 g/mol. The highest BCUT2D eigenvalue weighted by atomic mass is 16.5. The second kappa shape index (κ2) is 12.0. The molecular weight excluding hydrogens is 428 g/mol. The van der Waals surface area contributed by atoms with E-state index in [0.717, 1.165) is 43.4 Å². The topological polar surface area (TPSA) is 46.2 Å². The van der Waals surface area contributed by atoms with Crippen LogP contribution in [0, 0.1) is 5.92 Å². The fourth-order valence-corrected chi connectivity index (χ4v) is 4.66. The van der Waals surface area contributed by atoms with Gasteiger partial charge in [-0.25, -0.2) is 0 Å². The average Bonchev–Trinajstić information content (AvgIpc) is 3.52. The summed E-state index contributed by atoms with van der Waals surface area (Å²) in [6.45, 7) is 2.20. The number of benzene rings is 1. The second-order valence-corrected chi connectivity index (χ2v) is 8.68. The lowest BCUT2D eigenvalue weighted by Crippen LogP contribution is -2.16. The maximum atomic E-state index is 5.87. The van der Waals surface area contributed by atoms with Crippen molar-refractivity contribution in [3.8, 4) is 17.2 Å². The number of fused-ring (bicyclic) bond motifs is 1. The Labute approximate surface area is 204 Å². The number of methoxy groups -OCH3 is 5. The lowest BCUT2D eigenvalue weighted by atomic mass is 10.0. The van der Waals surface area contributed by atoms with Crippen LogP contribution in [0.2, 0.25) is 0 Å². The number of allylic oxidation sites excluding steroid dienone is 6. The van der Waals surface area contributed by atoms with Crippen LogP contribution in [0.25, 0.3) is 6.08 Å². The first-order valence-corrected chi connectivity index (χ1v) is 11.8. The summed E-state index contributed by atoms with van der Waals surface area (Å²) in [5.41, 5.74) is 3.71. The van der Waals surface area contributed by atoms with E-state index in [1.54, 1.807) is 28.4 Å². The van der Waals surface area contributed by atoms with E-state index in [0.29, 0.717) is 23.2 Å². The Morgan fingerprint density at radius 1 is 0.971 bits per heavy atom. The van der Waals surface area contributed by atoms with Crippen molar-refractivity contribution in [3.63, 3.8) is 0 Å².